The fourth-order valence-corrected chi connectivity index (χ4v) is 4.63. The summed E-state index contributed by atoms with van der Waals surface area (Å²) >= 11 is 0. The van der Waals surface area contributed by atoms with E-state index in [2.05, 4.69) is 5.32 Å². The van der Waals surface area contributed by atoms with Crippen LogP contribution in [0.25, 0.3) is 0 Å². The molecule has 2 aliphatic rings. The van der Waals surface area contributed by atoms with Crippen LogP contribution in [0.2, 0.25) is 0 Å². The zero-order chi connectivity index (χ0) is 21.7. The summed E-state index contributed by atoms with van der Waals surface area (Å²) in [6.07, 6.45) is 1.80. The summed E-state index contributed by atoms with van der Waals surface area (Å²) < 4.78 is 10.8. The number of nitrogens with zero attached hydrogens (tertiary/aromatic N) is 2. The van der Waals surface area contributed by atoms with Crippen molar-refractivity contribution in [3.8, 4) is 0 Å². The van der Waals surface area contributed by atoms with E-state index in [1.54, 1.807) is 25.8 Å². The lowest BCUT2D eigenvalue weighted by molar-refractivity contribution is -0.161. The number of carbonyl (C=O) groups is 2. The van der Waals surface area contributed by atoms with Gasteiger partial charge < -0.3 is 19.7 Å². The standard InChI is InChI=1S/C22H30N3O5/c1-22(2,30-15-26)19(20(27)29-14-16-7-5-4-6-8-16)25-12-10-17-9-11-24(13-18(17)25)21(28)23-3/h4-8,17-19H,9-14H2,1-3H3,(H,23,28)/t17?,18?,19-/m1/s1. The molecule has 0 aromatic heterocycles. The minimum absolute atomic E-state index is 0.000137. The van der Waals surface area contributed by atoms with Gasteiger partial charge in [-0.3, -0.25) is 9.69 Å². The van der Waals surface area contributed by atoms with E-state index in [1.165, 1.54) is 6.47 Å². The summed E-state index contributed by atoms with van der Waals surface area (Å²) in [6.45, 7) is 6.91. The zero-order valence-electron chi connectivity index (χ0n) is 17.8. The molecule has 163 valence electrons. The van der Waals surface area contributed by atoms with Crippen molar-refractivity contribution < 1.29 is 23.9 Å². The molecule has 8 nitrogen and oxygen atoms in total. The molecule has 2 unspecified atom stereocenters. The van der Waals surface area contributed by atoms with E-state index < -0.39 is 17.6 Å². The Balaban J connectivity index is 1.80. The molecule has 2 saturated heterocycles. The molecule has 8 heteroatoms. The first-order valence-electron chi connectivity index (χ1n) is 10.4. The van der Waals surface area contributed by atoms with Gasteiger partial charge >= 0.3 is 18.5 Å². The second-order valence-electron chi connectivity index (χ2n) is 8.43. The number of likely N-dealkylation sites (tertiary alicyclic amines) is 2. The van der Waals surface area contributed by atoms with Gasteiger partial charge in [-0.05, 0) is 44.7 Å². The van der Waals surface area contributed by atoms with E-state index in [4.69, 9.17) is 9.47 Å². The molecule has 30 heavy (non-hydrogen) atoms. The topological polar surface area (TPSA) is 88.2 Å². The second-order valence-corrected chi connectivity index (χ2v) is 8.43. The predicted octanol–water partition coefficient (Wildman–Crippen LogP) is 1.70. The number of benzene rings is 1. The Kier molecular flexibility index (Phi) is 6.97. The molecular weight excluding hydrogens is 386 g/mol. The summed E-state index contributed by atoms with van der Waals surface area (Å²) in [5, 5.41) is 2.67. The molecule has 3 rings (SSSR count). The summed E-state index contributed by atoms with van der Waals surface area (Å²) in [4.78, 5) is 40.2. The van der Waals surface area contributed by atoms with Gasteiger partial charge in [0.25, 0.3) is 0 Å². The molecule has 0 aliphatic carbocycles. The van der Waals surface area contributed by atoms with Gasteiger partial charge in [0.2, 0.25) is 0 Å². The van der Waals surface area contributed by atoms with E-state index in [1.807, 2.05) is 35.2 Å². The summed E-state index contributed by atoms with van der Waals surface area (Å²) in [5.74, 6) is -0.0665. The molecule has 1 N–H and O–H groups in total. The lowest BCUT2D eigenvalue weighted by atomic mass is 9.90. The van der Waals surface area contributed by atoms with E-state index in [0.29, 0.717) is 25.6 Å². The highest BCUT2D eigenvalue weighted by molar-refractivity contribution is 5.78. The second kappa shape index (κ2) is 9.47. The number of rotatable bonds is 7. The third-order valence-electron chi connectivity index (χ3n) is 6.15. The van der Waals surface area contributed by atoms with E-state index in [-0.39, 0.29) is 18.7 Å². The van der Waals surface area contributed by atoms with Crippen molar-refractivity contribution in [2.24, 2.45) is 5.92 Å². The highest BCUT2D eigenvalue weighted by atomic mass is 16.6. The lowest BCUT2D eigenvalue weighted by Crippen LogP contribution is -2.61. The fourth-order valence-electron chi connectivity index (χ4n) is 4.63. The highest BCUT2D eigenvalue weighted by Crippen LogP contribution is 2.36. The van der Waals surface area contributed by atoms with Crippen molar-refractivity contribution in [1.29, 1.82) is 0 Å². The number of hydrogen-bond donors (Lipinski definition) is 1. The number of carbonyl (C=O) groups excluding carboxylic acids is 3. The number of piperidine rings is 1. The van der Waals surface area contributed by atoms with Crippen LogP contribution in [0, 0.1) is 5.92 Å². The molecule has 2 fully saturated rings. The first kappa shape index (κ1) is 22.1. The van der Waals surface area contributed by atoms with Gasteiger partial charge in [0.1, 0.15) is 18.2 Å². The van der Waals surface area contributed by atoms with Crippen LogP contribution in [0.1, 0.15) is 32.3 Å². The van der Waals surface area contributed by atoms with Gasteiger partial charge in [-0.2, -0.15) is 0 Å². The molecule has 3 atom stereocenters. The molecule has 0 bridgehead atoms. The largest absolute Gasteiger partial charge is 0.460 e. The minimum Gasteiger partial charge on any atom is -0.460 e. The van der Waals surface area contributed by atoms with Crippen molar-refractivity contribution >= 4 is 18.5 Å². The van der Waals surface area contributed by atoms with Crippen molar-refractivity contribution in [3.63, 3.8) is 0 Å². The van der Waals surface area contributed by atoms with Crippen LogP contribution < -0.4 is 5.32 Å². The average molecular weight is 416 g/mol. The van der Waals surface area contributed by atoms with Gasteiger partial charge in [0, 0.05) is 26.2 Å². The number of urea groups is 1. The van der Waals surface area contributed by atoms with Crippen LogP contribution in [-0.2, 0) is 25.7 Å². The first-order valence-corrected chi connectivity index (χ1v) is 10.4. The zero-order valence-corrected chi connectivity index (χ0v) is 17.8. The molecule has 0 spiro atoms. The number of hydrogen-bond acceptors (Lipinski definition) is 6. The Bertz CT molecular complexity index is 754. The predicted molar refractivity (Wildman–Crippen MR) is 110 cm³/mol. The number of esters is 1. The maximum absolute atomic E-state index is 13.2. The number of amides is 2. The van der Waals surface area contributed by atoms with Crippen LogP contribution in [0.3, 0.4) is 0 Å². The third kappa shape index (κ3) is 4.75. The molecule has 2 amide bonds. The molecule has 0 saturated carbocycles. The van der Waals surface area contributed by atoms with Crippen molar-refractivity contribution in [1.82, 2.24) is 15.1 Å². The van der Waals surface area contributed by atoms with Crippen molar-refractivity contribution in [3.05, 3.63) is 35.9 Å². The maximum Gasteiger partial charge on any atom is 0.418 e. The number of ether oxygens (including phenoxy) is 2. The van der Waals surface area contributed by atoms with Crippen LogP contribution in [0.4, 0.5) is 4.79 Å². The summed E-state index contributed by atoms with van der Waals surface area (Å²) in [7, 11) is 1.61. The Morgan fingerprint density at radius 2 is 1.93 bits per heavy atom. The molecule has 1 aromatic carbocycles. The van der Waals surface area contributed by atoms with E-state index in [0.717, 1.165) is 18.4 Å². The van der Waals surface area contributed by atoms with Gasteiger partial charge in [0.05, 0.1) is 0 Å². The Hall–Kier alpha value is -2.61. The van der Waals surface area contributed by atoms with Gasteiger partial charge in [-0.15, -0.1) is 0 Å². The third-order valence-corrected chi connectivity index (χ3v) is 6.15. The lowest BCUT2D eigenvalue weighted by Gasteiger charge is -2.43. The van der Waals surface area contributed by atoms with Gasteiger partial charge in [0.15, 0.2) is 0 Å². The SMILES string of the molecule is CNC(=O)N1CCC2CCN([C@H](C(=O)OCc3ccccc3)C(C)(C)O[C]=O)C2C1. The number of fused-ring (bicyclic) bond motifs is 1. The van der Waals surface area contributed by atoms with Crippen molar-refractivity contribution in [2.75, 3.05) is 26.7 Å². The van der Waals surface area contributed by atoms with Crippen LogP contribution >= 0.6 is 0 Å². The Morgan fingerprint density at radius 1 is 1.23 bits per heavy atom. The minimum atomic E-state index is -1.13. The molecule has 1 radical (unpaired) electrons. The van der Waals surface area contributed by atoms with Crippen LogP contribution in [-0.4, -0.2) is 72.6 Å². The average Bonchev–Trinajstić information content (AvgIpc) is 3.15. The summed E-state index contributed by atoms with van der Waals surface area (Å²) in [5.41, 5.74) is -0.243. The molecule has 1 aromatic rings. The van der Waals surface area contributed by atoms with E-state index >= 15 is 0 Å². The van der Waals surface area contributed by atoms with Gasteiger partial charge in [-0.25, -0.2) is 9.59 Å². The Morgan fingerprint density at radius 3 is 2.60 bits per heavy atom. The fraction of sp³-hybridized carbons (Fsp3) is 0.591. The van der Waals surface area contributed by atoms with E-state index in [9.17, 15) is 14.4 Å². The van der Waals surface area contributed by atoms with Crippen molar-refractivity contribution in [2.45, 2.75) is 51.0 Å². The quantitative estimate of drug-likeness (QED) is 0.681. The molecule has 2 heterocycles. The van der Waals surface area contributed by atoms with Crippen LogP contribution in [0.5, 0.6) is 0 Å². The molecular formula is C22H30N3O5. The number of nitrogens with one attached hydrogen (secondary N) is 1. The van der Waals surface area contributed by atoms with Crippen LogP contribution in [0.15, 0.2) is 30.3 Å². The van der Waals surface area contributed by atoms with Gasteiger partial charge in [-0.1, -0.05) is 30.3 Å². The Labute approximate surface area is 177 Å². The molecule has 2 aliphatic heterocycles. The maximum atomic E-state index is 13.2. The smallest absolute Gasteiger partial charge is 0.418 e. The highest BCUT2D eigenvalue weighted by Gasteiger charge is 2.50. The first-order chi connectivity index (χ1) is 14.4. The summed E-state index contributed by atoms with van der Waals surface area (Å²) in [6, 6.07) is 8.53. The monoisotopic (exact) mass is 416 g/mol. The normalized spacial score (nSPS) is 22.7.